The van der Waals surface area contributed by atoms with Gasteiger partial charge in [-0.2, -0.15) is 0 Å². The summed E-state index contributed by atoms with van der Waals surface area (Å²) in [6.07, 6.45) is 0. The molecule has 0 spiro atoms. The Hall–Kier alpha value is -1.80. The largest absolute Gasteiger partial charge is 0.478 e. The summed E-state index contributed by atoms with van der Waals surface area (Å²) in [5.41, 5.74) is 0.651. The Morgan fingerprint density at radius 3 is 2.78 bits per heavy atom. The molecule has 0 bridgehead atoms. The van der Waals surface area contributed by atoms with Crippen molar-refractivity contribution in [3.8, 4) is 0 Å². The average Bonchev–Trinajstić information content (AvgIpc) is 2.85. The van der Waals surface area contributed by atoms with Crippen LogP contribution in [0.15, 0.2) is 28.1 Å². The van der Waals surface area contributed by atoms with Gasteiger partial charge in [0.15, 0.2) is 5.69 Å². The summed E-state index contributed by atoms with van der Waals surface area (Å²) in [6, 6.07) is 4.51. The number of hydrogen-bond donors (Lipinski definition) is 2. The van der Waals surface area contributed by atoms with Gasteiger partial charge in [-0.1, -0.05) is 4.49 Å². The van der Waals surface area contributed by atoms with Crippen molar-refractivity contribution >= 4 is 45.0 Å². The maximum atomic E-state index is 11.7. The number of aromatic nitrogens is 2. The molecule has 1 heterocycles. The van der Waals surface area contributed by atoms with Crippen LogP contribution in [-0.2, 0) is 0 Å². The molecule has 1 aromatic carbocycles. The number of hydrogen-bond acceptors (Lipinski definition) is 5. The first-order valence-corrected chi connectivity index (χ1v) is 6.32. The van der Waals surface area contributed by atoms with E-state index < -0.39 is 11.9 Å². The molecule has 0 fully saturated rings. The lowest BCUT2D eigenvalue weighted by molar-refractivity contribution is 0.0695. The van der Waals surface area contributed by atoms with E-state index >= 15 is 0 Å². The zero-order chi connectivity index (χ0) is 13.1. The first-order valence-electron chi connectivity index (χ1n) is 4.69. The van der Waals surface area contributed by atoms with Crippen LogP contribution in [0.5, 0.6) is 0 Å². The molecule has 0 saturated carbocycles. The van der Waals surface area contributed by atoms with Crippen molar-refractivity contribution in [3.05, 3.63) is 39.3 Å². The summed E-state index contributed by atoms with van der Waals surface area (Å²) >= 11 is 4.19. The van der Waals surface area contributed by atoms with E-state index in [0.717, 1.165) is 11.5 Å². The van der Waals surface area contributed by atoms with Crippen LogP contribution in [-0.4, -0.2) is 26.6 Å². The standard InChI is InChI=1S/C10H6BrN3O3S/c11-7-2-1-5(3-6(7)10(16)17)12-9(15)8-4-18-14-13-8/h1-4H,(H,12,15)(H,16,17). The quantitative estimate of drug-likeness (QED) is 0.901. The third-order valence-electron chi connectivity index (χ3n) is 2.05. The van der Waals surface area contributed by atoms with Gasteiger partial charge in [0, 0.05) is 15.5 Å². The maximum absolute atomic E-state index is 11.7. The number of nitrogens with zero attached hydrogens (tertiary/aromatic N) is 2. The van der Waals surface area contributed by atoms with Crippen LogP contribution in [0.3, 0.4) is 0 Å². The second-order valence-corrected chi connectivity index (χ2v) is 4.71. The highest BCUT2D eigenvalue weighted by Gasteiger charge is 2.12. The number of benzene rings is 1. The first-order chi connectivity index (χ1) is 8.58. The van der Waals surface area contributed by atoms with Gasteiger partial charge in [-0.3, -0.25) is 4.79 Å². The Morgan fingerprint density at radius 1 is 1.39 bits per heavy atom. The fourth-order valence-corrected chi connectivity index (χ4v) is 2.08. The van der Waals surface area contributed by atoms with Crippen molar-refractivity contribution in [2.24, 2.45) is 0 Å². The van der Waals surface area contributed by atoms with Crippen LogP contribution in [0, 0.1) is 0 Å². The number of halogens is 1. The molecule has 2 rings (SSSR count). The summed E-state index contributed by atoms with van der Waals surface area (Å²) in [7, 11) is 0. The number of aromatic carboxylic acids is 1. The van der Waals surface area contributed by atoms with E-state index in [0.29, 0.717) is 10.2 Å². The molecule has 6 nitrogen and oxygen atoms in total. The Bertz CT molecular complexity index is 600. The van der Waals surface area contributed by atoms with E-state index in [9.17, 15) is 9.59 Å². The van der Waals surface area contributed by atoms with Crippen molar-refractivity contribution in [3.63, 3.8) is 0 Å². The van der Waals surface area contributed by atoms with Crippen LogP contribution in [0.1, 0.15) is 20.8 Å². The highest BCUT2D eigenvalue weighted by molar-refractivity contribution is 9.10. The SMILES string of the molecule is O=C(Nc1ccc(Br)c(C(=O)O)c1)c1csnn1. The molecule has 1 aromatic heterocycles. The molecule has 2 aromatic rings. The molecule has 0 aliphatic heterocycles. The lowest BCUT2D eigenvalue weighted by Gasteiger charge is -2.05. The summed E-state index contributed by atoms with van der Waals surface area (Å²) < 4.78 is 4.02. The fraction of sp³-hybridized carbons (Fsp3) is 0. The Labute approximate surface area is 114 Å². The van der Waals surface area contributed by atoms with Crippen molar-refractivity contribution in [2.45, 2.75) is 0 Å². The maximum Gasteiger partial charge on any atom is 0.336 e. The van der Waals surface area contributed by atoms with Gasteiger partial charge in [-0.05, 0) is 45.7 Å². The number of carbonyl (C=O) groups excluding carboxylic acids is 1. The van der Waals surface area contributed by atoms with E-state index in [-0.39, 0.29) is 11.3 Å². The van der Waals surface area contributed by atoms with Gasteiger partial charge in [0.05, 0.1) is 5.56 Å². The summed E-state index contributed by atoms with van der Waals surface area (Å²) in [6.45, 7) is 0. The molecular weight excluding hydrogens is 322 g/mol. The Balaban J connectivity index is 2.22. The highest BCUT2D eigenvalue weighted by Crippen LogP contribution is 2.21. The number of rotatable bonds is 3. The lowest BCUT2D eigenvalue weighted by Crippen LogP contribution is -2.13. The number of nitrogens with one attached hydrogen (secondary N) is 1. The predicted octanol–water partition coefficient (Wildman–Crippen LogP) is 2.25. The monoisotopic (exact) mass is 327 g/mol. The smallest absolute Gasteiger partial charge is 0.336 e. The van der Waals surface area contributed by atoms with Crippen LogP contribution in [0.4, 0.5) is 5.69 Å². The Morgan fingerprint density at radius 2 is 2.17 bits per heavy atom. The molecule has 18 heavy (non-hydrogen) atoms. The number of amides is 1. The van der Waals surface area contributed by atoms with Gasteiger partial charge in [0.25, 0.3) is 5.91 Å². The molecular formula is C10H6BrN3O3S. The first kappa shape index (κ1) is 12.7. The molecule has 2 N–H and O–H groups in total. The fourth-order valence-electron chi connectivity index (χ4n) is 1.23. The molecule has 8 heteroatoms. The van der Waals surface area contributed by atoms with Gasteiger partial charge >= 0.3 is 5.97 Å². The zero-order valence-corrected chi connectivity index (χ0v) is 11.2. The average molecular weight is 328 g/mol. The van der Waals surface area contributed by atoms with Crippen molar-refractivity contribution in [2.75, 3.05) is 5.32 Å². The number of carboxylic acids is 1. The number of anilines is 1. The predicted molar refractivity (Wildman–Crippen MR) is 69.0 cm³/mol. The van der Waals surface area contributed by atoms with E-state index in [2.05, 4.69) is 30.8 Å². The van der Waals surface area contributed by atoms with E-state index in [1.54, 1.807) is 12.1 Å². The van der Waals surface area contributed by atoms with Gasteiger partial charge in [0.1, 0.15) is 0 Å². The third-order valence-corrected chi connectivity index (χ3v) is 3.24. The van der Waals surface area contributed by atoms with Crippen LogP contribution in [0.25, 0.3) is 0 Å². The minimum atomic E-state index is -1.08. The summed E-state index contributed by atoms with van der Waals surface area (Å²) in [5, 5.41) is 16.6. The molecule has 92 valence electrons. The van der Waals surface area contributed by atoms with E-state index in [1.807, 2.05) is 0 Å². The van der Waals surface area contributed by atoms with Gasteiger partial charge < -0.3 is 10.4 Å². The third kappa shape index (κ3) is 2.71. The summed E-state index contributed by atoms with van der Waals surface area (Å²) in [5.74, 6) is -1.50. The molecule has 0 radical (unpaired) electrons. The highest BCUT2D eigenvalue weighted by atomic mass is 79.9. The molecule has 0 unspecified atom stereocenters. The van der Waals surface area contributed by atoms with Gasteiger partial charge in [-0.15, -0.1) is 5.10 Å². The molecule has 0 atom stereocenters. The molecule has 1 amide bonds. The second-order valence-electron chi connectivity index (χ2n) is 3.24. The minimum Gasteiger partial charge on any atom is -0.478 e. The van der Waals surface area contributed by atoms with Crippen LogP contribution in [0.2, 0.25) is 0 Å². The minimum absolute atomic E-state index is 0.0733. The Kier molecular flexibility index (Phi) is 3.68. The summed E-state index contributed by atoms with van der Waals surface area (Å²) in [4.78, 5) is 22.6. The molecule has 0 saturated heterocycles. The second kappa shape index (κ2) is 5.23. The van der Waals surface area contributed by atoms with Crippen molar-refractivity contribution in [1.82, 2.24) is 9.59 Å². The van der Waals surface area contributed by atoms with E-state index in [1.165, 1.54) is 11.4 Å². The van der Waals surface area contributed by atoms with Crippen LogP contribution < -0.4 is 5.32 Å². The number of carbonyl (C=O) groups is 2. The number of carboxylic acid groups (broad SMARTS) is 1. The van der Waals surface area contributed by atoms with E-state index in [4.69, 9.17) is 5.11 Å². The lowest BCUT2D eigenvalue weighted by atomic mass is 10.2. The molecule has 0 aliphatic rings. The van der Waals surface area contributed by atoms with Gasteiger partial charge in [0.2, 0.25) is 0 Å². The topological polar surface area (TPSA) is 92.2 Å². The van der Waals surface area contributed by atoms with Crippen molar-refractivity contribution in [1.29, 1.82) is 0 Å². The molecule has 0 aliphatic carbocycles. The normalized spacial score (nSPS) is 10.1. The van der Waals surface area contributed by atoms with Crippen LogP contribution >= 0.6 is 27.5 Å². The van der Waals surface area contributed by atoms with Gasteiger partial charge in [-0.25, -0.2) is 4.79 Å². The van der Waals surface area contributed by atoms with Crippen molar-refractivity contribution < 1.29 is 14.7 Å². The zero-order valence-electron chi connectivity index (χ0n) is 8.75.